The lowest BCUT2D eigenvalue weighted by atomic mass is 9.80. The van der Waals surface area contributed by atoms with Gasteiger partial charge in [-0.3, -0.25) is 4.90 Å². The smallest absolute Gasteiger partial charge is 0.0774 e. The monoisotopic (exact) mass is 199 g/mol. The molecule has 14 heavy (non-hydrogen) atoms. The minimum Gasteiger partial charge on any atom is -0.389 e. The first-order valence-electron chi connectivity index (χ1n) is 5.74. The fraction of sp³-hybridized carbons (Fsp3) is 1.00. The van der Waals surface area contributed by atoms with Gasteiger partial charge in [0.25, 0.3) is 0 Å². The summed E-state index contributed by atoms with van der Waals surface area (Å²) >= 11 is 0. The standard InChI is InChI=1S/C11H21NO2/c1-11(13)5-3-2-4-10(11)12-6-8-14-9-7-12/h10,13H,2-9H2,1H3/t10-,11-/m1/s1. The molecule has 1 N–H and O–H groups in total. The SMILES string of the molecule is C[C@@]1(O)CCCC[C@H]1N1CCOCC1. The topological polar surface area (TPSA) is 32.7 Å². The van der Waals surface area contributed by atoms with E-state index in [1.807, 2.05) is 6.92 Å². The first-order valence-corrected chi connectivity index (χ1v) is 5.74. The molecule has 3 nitrogen and oxygen atoms in total. The van der Waals surface area contributed by atoms with Crippen LogP contribution in [0.2, 0.25) is 0 Å². The number of morpholine rings is 1. The molecule has 0 unspecified atom stereocenters. The minimum absolute atomic E-state index is 0.361. The zero-order valence-electron chi connectivity index (χ0n) is 9.04. The van der Waals surface area contributed by atoms with Crippen molar-refractivity contribution in [2.75, 3.05) is 26.3 Å². The van der Waals surface area contributed by atoms with Gasteiger partial charge in [-0.15, -0.1) is 0 Å². The number of nitrogens with zero attached hydrogens (tertiary/aromatic N) is 1. The summed E-state index contributed by atoms with van der Waals surface area (Å²) in [5.41, 5.74) is -0.477. The summed E-state index contributed by atoms with van der Waals surface area (Å²) in [7, 11) is 0. The first kappa shape index (κ1) is 10.4. The van der Waals surface area contributed by atoms with Gasteiger partial charge in [-0.05, 0) is 19.8 Å². The molecular formula is C11H21NO2. The van der Waals surface area contributed by atoms with E-state index in [2.05, 4.69) is 4.90 Å². The Morgan fingerprint density at radius 3 is 2.64 bits per heavy atom. The Kier molecular flexibility index (Phi) is 3.10. The summed E-state index contributed by atoms with van der Waals surface area (Å²) in [5, 5.41) is 10.3. The van der Waals surface area contributed by atoms with Crippen molar-refractivity contribution >= 4 is 0 Å². The van der Waals surface area contributed by atoms with Crippen LogP contribution >= 0.6 is 0 Å². The van der Waals surface area contributed by atoms with Crippen molar-refractivity contribution in [3.8, 4) is 0 Å². The van der Waals surface area contributed by atoms with Crippen LogP contribution in [-0.4, -0.2) is 48.0 Å². The van der Waals surface area contributed by atoms with Crippen molar-refractivity contribution in [1.82, 2.24) is 4.90 Å². The lowest BCUT2D eigenvalue weighted by Crippen LogP contribution is -2.55. The van der Waals surface area contributed by atoms with E-state index in [0.717, 1.165) is 39.1 Å². The average Bonchev–Trinajstić information content (AvgIpc) is 2.18. The third kappa shape index (κ3) is 2.10. The van der Waals surface area contributed by atoms with Gasteiger partial charge < -0.3 is 9.84 Å². The summed E-state index contributed by atoms with van der Waals surface area (Å²) in [6.07, 6.45) is 4.54. The van der Waals surface area contributed by atoms with Gasteiger partial charge in [-0.1, -0.05) is 12.8 Å². The van der Waals surface area contributed by atoms with E-state index in [-0.39, 0.29) is 0 Å². The maximum Gasteiger partial charge on any atom is 0.0774 e. The van der Waals surface area contributed by atoms with Gasteiger partial charge in [0, 0.05) is 19.1 Å². The molecule has 1 heterocycles. The number of aliphatic hydroxyl groups is 1. The van der Waals surface area contributed by atoms with Crippen LogP contribution in [0.5, 0.6) is 0 Å². The molecule has 0 radical (unpaired) electrons. The van der Waals surface area contributed by atoms with E-state index >= 15 is 0 Å². The van der Waals surface area contributed by atoms with E-state index in [9.17, 15) is 5.11 Å². The molecule has 2 atom stereocenters. The molecule has 1 saturated heterocycles. The van der Waals surface area contributed by atoms with Crippen molar-refractivity contribution in [2.24, 2.45) is 0 Å². The van der Waals surface area contributed by atoms with E-state index in [1.165, 1.54) is 12.8 Å². The predicted octanol–water partition coefficient (Wildman–Crippen LogP) is 1.01. The maximum absolute atomic E-state index is 10.3. The highest BCUT2D eigenvalue weighted by molar-refractivity contribution is 4.93. The van der Waals surface area contributed by atoms with E-state index < -0.39 is 5.60 Å². The third-order valence-electron chi connectivity index (χ3n) is 3.61. The third-order valence-corrected chi connectivity index (χ3v) is 3.61. The fourth-order valence-electron chi connectivity index (χ4n) is 2.76. The van der Waals surface area contributed by atoms with Crippen LogP contribution in [-0.2, 0) is 4.74 Å². The summed E-state index contributed by atoms with van der Waals surface area (Å²) < 4.78 is 5.34. The van der Waals surface area contributed by atoms with Crippen LogP contribution in [0.15, 0.2) is 0 Å². The van der Waals surface area contributed by atoms with Gasteiger partial charge in [0.05, 0.1) is 18.8 Å². The second kappa shape index (κ2) is 4.17. The lowest BCUT2D eigenvalue weighted by Gasteiger charge is -2.45. The zero-order valence-corrected chi connectivity index (χ0v) is 9.04. The average molecular weight is 199 g/mol. The summed E-state index contributed by atoms with van der Waals surface area (Å²) in [6.45, 7) is 5.62. The fourth-order valence-corrected chi connectivity index (χ4v) is 2.76. The second-order valence-electron chi connectivity index (χ2n) is 4.77. The molecule has 3 heteroatoms. The molecule has 1 aliphatic heterocycles. The van der Waals surface area contributed by atoms with Crippen LogP contribution in [0.3, 0.4) is 0 Å². The van der Waals surface area contributed by atoms with Gasteiger partial charge in [-0.25, -0.2) is 0 Å². The van der Waals surface area contributed by atoms with Crippen LogP contribution in [0.4, 0.5) is 0 Å². The number of rotatable bonds is 1. The van der Waals surface area contributed by atoms with Crippen LogP contribution in [0, 0.1) is 0 Å². The molecular weight excluding hydrogens is 178 g/mol. The Morgan fingerprint density at radius 2 is 2.00 bits per heavy atom. The van der Waals surface area contributed by atoms with Gasteiger partial charge in [0.15, 0.2) is 0 Å². The van der Waals surface area contributed by atoms with Gasteiger partial charge >= 0.3 is 0 Å². The number of hydrogen-bond donors (Lipinski definition) is 1. The first-order chi connectivity index (χ1) is 6.70. The predicted molar refractivity (Wildman–Crippen MR) is 55.3 cm³/mol. The van der Waals surface area contributed by atoms with E-state index in [4.69, 9.17) is 4.74 Å². The summed E-state index contributed by atoms with van der Waals surface area (Å²) in [4.78, 5) is 2.41. The summed E-state index contributed by atoms with van der Waals surface area (Å²) in [6, 6.07) is 0.361. The highest BCUT2D eigenvalue weighted by atomic mass is 16.5. The minimum atomic E-state index is -0.477. The molecule has 2 rings (SSSR count). The van der Waals surface area contributed by atoms with Gasteiger partial charge in [0.1, 0.15) is 0 Å². The number of hydrogen-bond acceptors (Lipinski definition) is 3. The quantitative estimate of drug-likeness (QED) is 0.684. The Balaban J connectivity index is 1.99. The van der Waals surface area contributed by atoms with Gasteiger partial charge in [0.2, 0.25) is 0 Å². The molecule has 1 aliphatic carbocycles. The number of ether oxygens (including phenoxy) is 1. The van der Waals surface area contributed by atoms with Crippen LogP contribution < -0.4 is 0 Å². The molecule has 82 valence electrons. The van der Waals surface area contributed by atoms with Crippen molar-refractivity contribution < 1.29 is 9.84 Å². The van der Waals surface area contributed by atoms with Crippen LogP contribution in [0.1, 0.15) is 32.6 Å². The van der Waals surface area contributed by atoms with Gasteiger partial charge in [-0.2, -0.15) is 0 Å². The molecule has 0 aromatic rings. The second-order valence-corrected chi connectivity index (χ2v) is 4.77. The highest BCUT2D eigenvalue weighted by Crippen LogP contribution is 2.32. The molecule has 0 aromatic carbocycles. The Morgan fingerprint density at radius 1 is 1.29 bits per heavy atom. The van der Waals surface area contributed by atoms with E-state index in [0.29, 0.717) is 6.04 Å². The Hall–Kier alpha value is -0.120. The molecule has 0 amide bonds. The lowest BCUT2D eigenvalue weighted by molar-refractivity contribution is -0.0867. The van der Waals surface area contributed by atoms with Crippen molar-refractivity contribution in [3.63, 3.8) is 0 Å². The molecule has 0 bridgehead atoms. The maximum atomic E-state index is 10.3. The molecule has 0 aromatic heterocycles. The summed E-state index contributed by atoms with van der Waals surface area (Å²) in [5.74, 6) is 0. The largest absolute Gasteiger partial charge is 0.389 e. The Bertz CT molecular complexity index is 188. The van der Waals surface area contributed by atoms with Crippen molar-refractivity contribution in [3.05, 3.63) is 0 Å². The van der Waals surface area contributed by atoms with Crippen molar-refractivity contribution in [1.29, 1.82) is 0 Å². The molecule has 0 spiro atoms. The molecule has 2 aliphatic rings. The Labute approximate surface area is 86.0 Å². The molecule has 2 fully saturated rings. The normalized spacial score (nSPS) is 41.1. The van der Waals surface area contributed by atoms with Crippen molar-refractivity contribution in [2.45, 2.75) is 44.2 Å². The van der Waals surface area contributed by atoms with Crippen LogP contribution in [0.25, 0.3) is 0 Å². The molecule has 1 saturated carbocycles. The van der Waals surface area contributed by atoms with E-state index in [1.54, 1.807) is 0 Å². The zero-order chi connectivity index (χ0) is 10.0. The highest BCUT2D eigenvalue weighted by Gasteiger charge is 2.38.